The SMILES string of the molecule is COC(=O)CN(C(=O)C[C@H]1C=CCC1)C1CCCC1. The second kappa shape index (κ2) is 6.73. The van der Waals surface area contributed by atoms with E-state index in [1.807, 2.05) is 0 Å². The third-order valence-electron chi connectivity index (χ3n) is 4.16. The van der Waals surface area contributed by atoms with Crippen molar-refractivity contribution in [2.75, 3.05) is 13.7 Å². The first-order valence-electron chi connectivity index (χ1n) is 7.23. The average Bonchev–Trinajstić information content (AvgIpc) is 3.08. The van der Waals surface area contributed by atoms with Gasteiger partial charge >= 0.3 is 5.97 Å². The van der Waals surface area contributed by atoms with Crippen molar-refractivity contribution < 1.29 is 14.3 Å². The second-order valence-electron chi connectivity index (χ2n) is 5.51. The predicted octanol–water partition coefficient (Wildman–Crippen LogP) is 2.29. The molecule has 1 fully saturated rings. The Morgan fingerprint density at radius 1 is 1.26 bits per heavy atom. The van der Waals surface area contributed by atoms with Crippen LogP contribution in [0, 0.1) is 5.92 Å². The van der Waals surface area contributed by atoms with Gasteiger partial charge in [0.1, 0.15) is 6.54 Å². The van der Waals surface area contributed by atoms with Crippen molar-refractivity contribution in [1.82, 2.24) is 4.90 Å². The number of hydrogen-bond acceptors (Lipinski definition) is 3. The molecule has 106 valence electrons. The fraction of sp³-hybridized carbons (Fsp3) is 0.733. The molecule has 0 aromatic rings. The van der Waals surface area contributed by atoms with E-state index in [1.54, 1.807) is 4.90 Å². The van der Waals surface area contributed by atoms with Crippen LogP contribution in [0.5, 0.6) is 0 Å². The van der Waals surface area contributed by atoms with Crippen molar-refractivity contribution in [3.63, 3.8) is 0 Å². The molecule has 0 aliphatic heterocycles. The lowest BCUT2D eigenvalue weighted by Gasteiger charge is -2.28. The van der Waals surface area contributed by atoms with Gasteiger partial charge in [-0.2, -0.15) is 0 Å². The van der Waals surface area contributed by atoms with E-state index in [-0.39, 0.29) is 24.5 Å². The lowest BCUT2D eigenvalue weighted by molar-refractivity contribution is -0.148. The number of ether oxygens (including phenoxy) is 1. The molecule has 19 heavy (non-hydrogen) atoms. The highest BCUT2D eigenvalue weighted by Crippen LogP contribution is 2.26. The maximum Gasteiger partial charge on any atom is 0.325 e. The molecular weight excluding hydrogens is 242 g/mol. The standard InChI is InChI=1S/C15H23NO3/c1-19-15(18)11-16(13-8-4-5-9-13)14(17)10-12-6-2-3-7-12/h2,6,12-13H,3-5,7-11H2,1H3/t12-/m0/s1. The molecule has 0 saturated heterocycles. The number of esters is 1. The fourth-order valence-electron chi connectivity index (χ4n) is 3.05. The highest BCUT2D eigenvalue weighted by atomic mass is 16.5. The summed E-state index contributed by atoms with van der Waals surface area (Å²) in [5, 5.41) is 0. The number of rotatable bonds is 5. The molecule has 1 saturated carbocycles. The summed E-state index contributed by atoms with van der Waals surface area (Å²) in [4.78, 5) is 25.7. The molecule has 0 spiro atoms. The van der Waals surface area contributed by atoms with Crippen LogP contribution in [-0.4, -0.2) is 36.5 Å². The first kappa shape index (κ1) is 14.1. The smallest absolute Gasteiger partial charge is 0.325 e. The van der Waals surface area contributed by atoms with Crippen molar-refractivity contribution in [2.24, 2.45) is 5.92 Å². The van der Waals surface area contributed by atoms with Gasteiger partial charge in [-0.3, -0.25) is 9.59 Å². The lowest BCUT2D eigenvalue weighted by atomic mass is 10.0. The second-order valence-corrected chi connectivity index (χ2v) is 5.51. The van der Waals surface area contributed by atoms with Gasteiger partial charge in [0, 0.05) is 12.5 Å². The minimum atomic E-state index is -0.317. The zero-order valence-electron chi connectivity index (χ0n) is 11.6. The Labute approximate surface area is 114 Å². The Morgan fingerprint density at radius 3 is 2.58 bits per heavy atom. The van der Waals surface area contributed by atoms with Crippen molar-refractivity contribution in [2.45, 2.75) is 51.0 Å². The topological polar surface area (TPSA) is 46.6 Å². The molecule has 0 aromatic carbocycles. The van der Waals surface area contributed by atoms with E-state index in [2.05, 4.69) is 12.2 Å². The van der Waals surface area contributed by atoms with E-state index in [0.717, 1.165) is 38.5 Å². The molecule has 4 heteroatoms. The molecule has 1 atom stereocenters. The molecule has 0 N–H and O–H groups in total. The zero-order chi connectivity index (χ0) is 13.7. The van der Waals surface area contributed by atoms with Crippen LogP contribution in [-0.2, 0) is 14.3 Å². The maximum atomic E-state index is 12.4. The lowest BCUT2D eigenvalue weighted by Crippen LogP contribution is -2.43. The molecular formula is C15H23NO3. The summed E-state index contributed by atoms with van der Waals surface area (Å²) in [7, 11) is 1.37. The Balaban J connectivity index is 1.96. The van der Waals surface area contributed by atoms with Gasteiger partial charge in [0.05, 0.1) is 7.11 Å². The van der Waals surface area contributed by atoms with E-state index in [0.29, 0.717) is 12.3 Å². The van der Waals surface area contributed by atoms with E-state index >= 15 is 0 Å². The van der Waals surface area contributed by atoms with Crippen LogP contribution in [0.2, 0.25) is 0 Å². The largest absolute Gasteiger partial charge is 0.468 e. The normalized spacial score (nSPS) is 22.7. The number of hydrogen-bond donors (Lipinski definition) is 0. The van der Waals surface area contributed by atoms with Crippen LogP contribution in [0.1, 0.15) is 44.9 Å². The van der Waals surface area contributed by atoms with Crippen LogP contribution in [0.25, 0.3) is 0 Å². The summed E-state index contributed by atoms with van der Waals surface area (Å²) >= 11 is 0. The van der Waals surface area contributed by atoms with E-state index < -0.39 is 0 Å². The fourth-order valence-corrected chi connectivity index (χ4v) is 3.05. The Kier molecular flexibility index (Phi) is 5.00. The zero-order valence-corrected chi connectivity index (χ0v) is 11.6. The highest BCUT2D eigenvalue weighted by Gasteiger charge is 2.29. The maximum absolute atomic E-state index is 12.4. The molecule has 4 nitrogen and oxygen atoms in total. The van der Waals surface area contributed by atoms with Crippen molar-refractivity contribution >= 4 is 11.9 Å². The minimum absolute atomic E-state index is 0.105. The van der Waals surface area contributed by atoms with Crippen LogP contribution in [0.4, 0.5) is 0 Å². The molecule has 2 aliphatic rings. The van der Waals surface area contributed by atoms with E-state index in [4.69, 9.17) is 4.74 Å². The Bertz CT molecular complexity index is 358. The van der Waals surface area contributed by atoms with Gasteiger partial charge in [-0.15, -0.1) is 0 Å². The summed E-state index contributed by atoms with van der Waals surface area (Å²) in [5.41, 5.74) is 0. The van der Waals surface area contributed by atoms with E-state index in [9.17, 15) is 9.59 Å². The molecule has 0 heterocycles. The van der Waals surface area contributed by atoms with Gasteiger partial charge in [-0.05, 0) is 31.6 Å². The number of amides is 1. The summed E-state index contributed by atoms with van der Waals surface area (Å²) in [6.07, 6.45) is 11.3. The minimum Gasteiger partial charge on any atom is -0.468 e. The average molecular weight is 265 g/mol. The summed E-state index contributed by atoms with van der Waals surface area (Å²) in [5.74, 6) is 0.144. The van der Waals surface area contributed by atoms with Crippen LogP contribution < -0.4 is 0 Å². The van der Waals surface area contributed by atoms with Crippen molar-refractivity contribution in [3.05, 3.63) is 12.2 Å². The molecule has 1 amide bonds. The number of allylic oxidation sites excluding steroid dienone is 2. The third-order valence-corrected chi connectivity index (χ3v) is 4.16. The third kappa shape index (κ3) is 3.82. The van der Waals surface area contributed by atoms with Gasteiger partial charge in [-0.25, -0.2) is 0 Å². The van der Waals surface area contributed by atoms with Crippen LogP contribution >= 0.6 is 0 Å². The number of carbonyl (C=O) groups excluding carboxylic acids is 2. The summed E-state index contributed by atoms with van der Waals surface area (Å²) in [6, 6.07) is 0.233. The number of nitrogens with zero attached hydrogens (tertiary/aromatic N) is 1. The molecule has 0 bridgehead atoms. The van der Waals surface area contributed by atoms with Gasteiger partial charge in [0.25, 0.3) is 0 Å². The predicted molar refractivity (Wildman–Crippen MR) is 72.5 cm³/mol. The molecule has 0 unspecified atom stereocenters. The van der Waals surface area contributed by atoms with Gasteiger partial charge in [-0.1, -0.05) is 25.0 Å². The monoisotopic (exact) mass is 265 g/mol. The molecule has 0 radical (unpaired) electrons. The van der Waals surface area contributed by atoms with Gasteiger partial charge in [0.2, 0.25) is 5.91 Å². The van der Waals surface area contributed by atoms with Crippen LogP contribution in [0.3, 0.4) is 0 Å². The van der Waals surface area contributed by atoms with Crippen molar-refractivity contribution in [3.8, 4) is 0 Å². The summed E-state index contributed by atoms with van der Waals surface area (Å²) < 4.78 is 4.71. The number of methoxy groups -OCH3 is 1. The first-order valence-corrected chi connectivity index (χ1v) is 7.23. The molecule has 0 aromatic heterocycles. The molecule has 2 rings (SSSR count). The van der Waals surface area contributed by atoms with Gasteiger partial charge < -0.3 is 9.64 Å². The van der Waals surface area contributed by atoms with Gasteiger partial charge in [0.15, 0.2) is 0 Å². The summed E-state index contributed by atoms with van der Waals surface area (Å²) in [6.45, 7) is 0.108. The quantitative estimate of drug-likeness (QED) is 0.566. The Hall–Kier alpha value is -1.32. The van der Waals surface area contributed by atoms with Crippen molar-refractivity contribution in [1.29, 1.82) is 0 Å². The number of carbonyl (C=O) groups is 2. The molecule has 2 aliphatic carbocycles. The Morgan fingerprint density at radius 2 is 2.00 bits per heavy atom. The van der Waals surface area contributed by atoms with E-state index in [1.165, 1.54) is 7.11 Å². The van der Waals surface area contributed by atoms with Crippen LogP contribution in [0.15, 0.2) is 12.2 Å². The highest BCUT2D eigenvalue weighted by molar-refractivity contribution is 5.82. The first-order chi connectivity index (χ1) is 9.20.